The maximum atomic E-state index is 4.64. The van der Waals surface area contributed by atoms with Crippen molar-refractivity contribution in [3.8, 4) is 0 Å². The van der Waals surface area contributed by atoms with Gasteiger partial charge in [-0.25, -0.2) is 0 Å². The number of hydrogen-bond donors (Lipinski definition) is 2. The molecule has 0 spiro atoms. The van der Waals surface area contributed by atoms with Crippen LogP contribution in [0.25, 0.3) is 0 Å². The van der Waals surface area contributed by atoms with Crippen LogP contribution < -0.4 is 10.6 Å². The quantitative estimate of drug-likeness (QED) is 0.441. The van der Waals surface area contributed by atoms with Crippen molar-refractivity contribution in [2.24, 2.45) is 4.99 Å². The van der Waals surface area contributed by atoms with Crippen molar-refractivity contribution in [1.29, 1.82) is 0 Å². The van der Waals surface area contributed by atoms with Gasteiger partial charge in [-0.1, -0.05) is 0 Å². The maximum absolute atomic E-state index is 4.64. The smallest absolute Gasteiger partial charge is 0.191 e. The minimum absolute atomic E-state index is 0.0660. The predicted molar refractivity (Wildman–Crippen MR) is 83.8 cm³/mol. The molecule has 0 bridgehead atoms. The maximum Gasteiger partial charge on any atom is 0.191 e. The van der Waals surface area contributed by atoms with Crippen LogP contribution in [0.3, 0.4) is 0 Å². The zero-order chi connectivity index (χ0) is 14.1. The van der Waals surface area contributed by atoms with E-state index in [2.05, 4.69) is 48.2 Å². The zero-order valence-electron chi connectivity index (χ0n) is 13.3. The first-order valence-electron chi connectivity index (χ1n) is 7.80. The molecule has 1 saturated heterocycles. The summed E-state index contributed by atoms with van der Waals surface area (Å²) in [5.74, 6) is 0.941. The van der Waals surface area contributed by atoms with Gasteiger partial charge in [-0.3, -0.25) is 4.99 Å². The first-order valence-corrected chi connectivity index (χ1v) is 7.80. The molecular formula is C15H32N4. The molecule has 0 aromatic heterocycles. The second kappa shape index (κ2) is 8.41. The van der Waals surface area contributed by atoms with Crippen molar-refractivity contribution in [3.05, 3.63) is 0 Å². The Balaban J connectivity index is 2.18. The van der Waals surface area contributed by atoms with Gasteiger partial charge in [0.25, 0.3) is 0 Å². The van der Waals surface area contributed by atoms with E-state index in [0.29, 0.717) is 0 Å². The molecule has 0 saturated carbocycles. The lowest BCUT2D eigenvalue weighted by Crippen LogP contribution is -2.47. The zero-order valence-corrected chi connectivity index (χ0v) is 13.3. The summed E-state index contributed by atoms with van der Waals surface area (Å²) in [4.78, 5) is 7.21. The fraction of sp³-hybridized carbons (Fsp3) is 0.933. The predicted octanol–water partition coefficient (Wildman–Crippen LogP) is 2.22. The highest BCUT2D eigenvalue weighted by Crippen LogP contribution is 2.08. The lowest BCUT2D eigenvalue weighted by atomic mass is 10.1. The summed E-state index contributed by atoms with van der Waals surface area (Å²) in [6.45, 7) is 14.3. The Labute approximate surface area is 119 Å². The van der Waals surface area contributed by atoms with Crippen molar-refractivity contribution >= 4 is 5.96 Å². The van der Waals surface area contributed by atoms with Crippen LogP contribution in [0.5, 0.6) is 0 Å². The van der Waals surface area contributed by atoms with E-state index in [-0.39, 0.29) is 5.54 Å². The molecule has 0 aromatic carbocycles. The molecule has 2 N–H and O–H groups in total. The standard InChI is InChI=1S/C15H32N4/c1-5-16-14(18-15(2,3)4)17-10-6-7-11-19-12-8-9-13-19/h5-13H2,1-4H3,(H2,16,17,18). The lowest BCUT2D eigenvalue weighted by molar-refractivity contribution is 0.331. The molecule has 0 atom stereocenters. The third kappa shape index (κ3) is 8.09. The van der Waals surface area contributed by atoms with Gasteiger partial charge in [-0.2, -0.15) is 0 Å². The van der Waals surface area contributed by atoms with E-state index in [9.17, 15) is 0 Å². The normalized spacial score (nSPS) is 17.8. The van der Waals surface area contributed by atoms with Gasteiger partial charge in [0.15, 0.2) is 5.96 Å². The van der Waals surface area contributed by atoms with Crippen LogP contribution in [0.1, 0.15) is 53.4 Å². The Morgan fingerprint density at radius 3 is 2.42 bits per heavy atom. The van der Waals surface area contributed by atoms with Gasteiger partial charge in [0, 0.05) is 18.6 Å². The number of aliphatic imine (C=N–C) groups is 1. The van der Waals surface area contributed by atoms with Crippen molar-refractivity contribution in [3.63, 3.8) is 0 Å². The minimum Gasteiger partial charge on any atom is -0.357 e. The molecule has 19 heavy (non-hydrogen) atoms. The molecule has 1 heterocycles. The number of unbranched alkanes of at least 4 members (excludes halogenated alkanes) is 1. The van der Waals surface area contributed by atoms with E-state index in [0.717, 1.165) is 19.0 Å². The molecule has 4 nitrogen and oxygen atoms in total. The van der Waals surface area contributed by atoms with E-state index in [1.807, 2.05) is 0 Å². The van der Waals surface area contributed by atoms with Crippen molar-refractivity contribution in [2.45, 2.75) is 58.9 Å². The first kappa shape index (κ1) is 16.3. The first-order chi connectivity index (χ1) is 9.01. The molecule has 1 rings (SSSR count). The van der Waals surface area contributed by atoms with Crippen molar-refractivity contribution in [2.75, 3.05) is 32.7 Å². The van der Waals surface area contributed by atoms with E-state index in [1.54, 1.807) is 0 Å². The number of rotatable bonds is 6. The highest BCUT2D eigenvalue weighted by atomic mass is 15.2. The van der Waals surface area contributed by atoms with E-state index < -0.39 is 0 Å². The van der Waals surface area contributed by atoms with Crippen molar-refractivity contribution in [1.82, 2.24) is 15.5 Å². The molecule has 0 aromatic rings. The Morgan fingerprint density at radius 2 is 1.84 bits per heavy atom. The summed E-state index contributed by atoms with van der Waals surface area (Å²) < 4.78 is 0. The molecule has 1 aliphatic heterocycles. The summed E-state index contributed by atoms with van der Waals surface area (Å²) in [5, 5.41) is 6.72. The SMILES string of the molecule is CCNC(=NCCCCN1CCCC1)NC(C)(C)C. The van der Waals surface area contributed by atoms with Gasteiger partial charge in [-0.15, -0.1) is 0 Å². The second-order valence-electron chi connectivity index (χ2n) is 6.39. The van der Waals surface area contributed by atoms with Crippen molar-refractivity contribution < 1.29 is 0 Å². The molecule has 1 aliphatic rings. The molecule has 4 heteroatoms. The molecule has 1 fully saturated rings. The largest absolute Gasteiger partial charge is 0.357 e. The Morgan fingerprint density at radius 1 is 1.16 bits per heavy atom. The van der Waals surface area contributed by atoms with E-state index in [1.165, 1.54) is 45.3 Å². The molecule has 0 amide bonds. The van der Waals surface area contributed by atoms with E-state index >= 15 is 0 Å². The van der Waals surface area contributed by atoms with Gasteiger partial charge < -0.3 is 15.5 Å². The highest BCUT2D eigenvalue weighted by molar-refractivity contribution is 5.80. The van der Waals surface area contributed by atoms with Gasteiger partial charge in [0.1, 0.15) is 0 Å². The average molecular weight is 268 g/mol. The summed E-state index contributed by atoms with van der Waals surface area (Å²) in [6, 6.07) is 0. The monoisotopic (exact) mass is 268 g/mol. The van der Waals surface area contributed by atoms with Gasteiger partial charge in [0.2, 0.25) is 0 Å². The minimum atomic E-state index is 0.0660. The van der Waals surface area contributed by atoms with Crippen LogP contribution in [0, 0.1) is 0 Å². The highest BCUT2D eigenvalue weighted by Gasteiger charge is 2.12. The number of guanidine groups is 1. The summed E-state index contributed by atoms with van der Waals surface area (Å²) in [7, 11) is 0. The average Bonchev–Trinajstić information content (AvgIpc) is 2.79. The van der Waals surface area contributed by atoms with Crippen LogP contribution in [-0.2, 0) is 0 Å². The summed E-state index contributed by atoms with van der Waals surface area (Å²) >= 11 is 0. The number of nitrogens with one attached hydrogen (secondary N) is 2. The van der Waals surface area contributed by atoms with Gasteiger partial charge in [0.05, 0.1) is 0 Å². The fourth-order valence-corrected chi connectivity index (χ4v) is 2.31. The molecule has 0 aliphatic carbocycles. The number of hydrogen-bond acceptors (Lipinski definition) is 2. The van der Waals surface area contributed by atoms with E-state index in [4.69, 9.17) is 0 Å². The van der Waals surface area contributed by atoms with Crippen LogP contribution in [0.15, 0.2) is 4.99 Å². The van der Waals surface area contributed by atoms with Crippen LogP contribution in [0.4, 0.5) is 0 Å². The number of likely N-dealkylation sites (tertiary alicyclic amines) is 1. The Bertz CT molecular complexity index is 262. The third-order valence-electron chi connectivity index (χ3n) is 3.19. The fourth-order valence-electron chi connectivity index (χ4n) is 2.31. The topological polar surface area (TPSA) is 39.7 Å². The molecule has 0 unspecified atom stereocenters. The Kier molecular flexibility index (Phi) is 7.21. The third-order valence-corrected chi connectivity index (χ3v) is 3.19. The second-order valence-corrected chi connectivity index (χ2v) is 6.39. The van der Waals surface area contributed by atoms with Crippen LogP contribution in [-0.4, -0.2) is 49.1 Å². The van der Waals surface area contributed by atoms with Crippen LogP contribution in [0.2, 0.25) is 0 Å². The molecular weight excluding hydrogens is 236 g/mol. The van der Waals surface area contributed by atoms with Gasteiger partial charge >= 0.3 is 0 Å². The summed E-state index contributed by atoms with van der Waals surface area (Å²) in [6.07, 6.45) is 5.21. The van der Waals surface area contributed by atoms with Crippen LogP contribution >= 0.6 is 0 Å². The molecule has 0 radical (unpaired) electrons. The Hall–Kier alpha value is -0.770. The summed E-state index contributed by atoms with van der Waals surface area (Å²) in [5.41, 5.74) is 0.0660. The lowest BCUT2D eigenvalue weighted by Gasteiger charge is -2.23. The molecule has 112 valence electrons. The van der Waals surface area contributed by atoms with Gasteiger partial charge in [-0.05, 0) is 73.0 Å². The number of nitrogens with zero attached hydrogens (tertiary/aromatic N) is 2.